The van der Waals surface area contributed by atoms with Crippen molar-refractivity contribution >= 4 is 15.9 Å². The first-order chi connectivity index (χ1) is 5.24. The Bertz CT molecular complexity index is 277. The fourth-order valence-corrected chi connectivity index (χ4v) is 0.850. The first-order valence-corrected chi connectivity index (χ1v) is 3.72. The first kappa shape index (κ1) is 8.18. The molecular weight excluding hydrogens is 208 g/mol. The van der Waals surface area contributed by atoms with E-state index in [0.717, 1.165) is 4.47 Å². The molecule has 1 N–H and O–H groups in total. The third-order valence-corrected chi connectivity index (χ3v) is 1.62. The van der Waals surface area contributed by atoms with Crippen LogP contribution in [-0.4, -0.2) is 10.1 Å². The average Bonchev–Trinajstić information content (AvgIpc) is 2.05. The van der Waals surface area contributed by atoms with Crippen LogP contribution < -0.4 is 0 Å². The van der Waals surface area contributed by atoms with Gasteiger partial charge in [-0.05, 0) is 28.1 Å². The smallest absolute Gasteiger partial charge is 0.182 e. The summed E-state index contributed by atoms with van der Waals surface area (Å²) in [6.07, 6.45) is 0.415. The molecule has 0 aliphatic heterocycles. The summed E-state index contributed by atoms with van der Waals surface area (Å²) in [4.78, 5) is 3.83. The molecule has 56 valence electrons. The molecule has 0 spiro atoms. The molecule has 1 unspecified atom stereocenters. The van der Waals surface area contributed by atoms with E-state index in [0.29, 0.717) is 5.69 Å². The van der Waals surface area contributed by atoms with Crippen LogP contribution >= 0.6 is 15.9 Å². The summed E-state index contributed by atoms with van der Waals surface area (Å²) < 4.78 is 0.825. The predicted molar refractivity (Wildman–Crippen MR) is 42.5 cm³/mol. The van der Waals surface area contributed by atoms with Gasteiger partial charge in [-0.25, -0.2) is 0 Å². The fraction of sp³-hybridized carbons (Fsp3) is 0.143. The number of hydrogen-bond acceptors (Lipinski definition) is 3. The molecule has 0 fully saturated rings. The molecule has 0 bridgehead atoms. The second kappa shape index (κ2) is 3.46. The highest BCUT2D eigenvalue weighted by atomic mass is 79.9. The minimum atomic E-state index is -1.12. The standard InChI is InChI=1S/C7H5BrN2O/c8-5-1-2-6(10-4-5)7(11)3-9/h1-2,4,7,11H. The van der Waals surface area contributed by atoms with Crippen LogP contribution in [0.2, 0.25) is 0 Å². The molecule has 1 atom stereocenters. The molecule has 1 rings (SSSR count). The lowest BCUT2D eigenvalue weighted by atomic mass is 10.2. The number of pyridine rings is 1. The van der Waals surface area contributed by atoms with Crippen LogP contribution in [0.25, 0.3) is 0 Å². The lowest BCUT2D eigenvalue weighted by molar-refractivity contribution is 0.231. The zero-order valence-electron chi connectivity index (χ0n) is 5.53. The van der Waals surface area contributed by atoms with E-state index < -0.39 is 6.10 Å². The molecule has 0 saturated carbocycles. The Kier molecular flexibility index (Phi) is 2.58. The average molecular weight is 213 g/mol. The third-order valence-electron chi connectivity index (χ3n) is 1.15. The Labute approximate surface area is 72.4 Å². The van der Waals surface area contributed by atoms with E-state index in [1.807, 2.05) is 0 Å². The topological polar surface area (TPSA) is 56.9 Å². The van der Waals surface area contributed by atoms with Crippen molar-refractivity contribution in [3.63, 3.8) is 0 Å². The van der Waals surface area contributed by atoms with Gasteiger partial charge < -0.3 is 5.11 Å². The summed E-state index contributed by atoms with van der Waals surface area (Å²) in [5, 5.41) is 17.3. The number of hydrogen-bond donors (Lipinski definition) is 1. The van der Waals surface area contributed by atoms with Crippen molar-refractivity contribution in [3.05, 3.63) is 28.5 Å². The van der Waals surface area contributed by atoms with Crippen LogP contribution in [0.5, 0.6) is 0 Å². The SMILES string of the molecule is N#CC(O)c1ccc(Br)cn1. The Morgan fingerprint density at radius 3 is 2.82 bits per heavy atom. The molecule has 0 aromatic carbocycles. The molecule has 0 saturated heterocycles. The number of nitrogens with zero attached hydrogens (tertiary/aromatic N) is 2. The number of halogens is 1. The van der Waals surface area contributed by atoms with E-state index >= 15 is 0 Å². The highest BCUT2D eigenvalue weighted by molar-refractivity contribution is 9.10. The highest BCUT2D eigenvalue weighted by Crippen LogP contribution is 2.12. The van der Waals surface area contributed by atoms with Crippen molar-refractivity contribution in [1.29, 1.82) is 5.26 Å². The molecule has 0 aliphatic carbocycles. The lowest BCUT2D eigenvalue weighted by Crippen LogP contribution is -1.95. The van der Waals surface area contributed by atoms with Crippen LogP contribution in [0, 0.1) is 11.3 Å². The molecule has 1 aromatic heterocycles. The van der Waals surface area contributed by atoms with E-state index in [1.54, 1.807) is 18.2 Å². The number of nitriles is 1. The molecule has 1 heterocycles. The minimum Gasteiger partial charge on any atom is -0.373 e. The number of aromatic nitrogens is 1. The maximum Gasteiger partial charge on any atom is 0.182 e. The van der Waals surface area contributed by atoms with Crippen LogP contribution in [0.3, 0.4) is 0 Å². The monoisotopic (exact) mass is 212 g/mol. The third kappa shape index (κ3) is 2.00. The van der Waals surface area contributed by atoms with E-state index in [4.69, 9.17) is 10.4 Å². The van der Waals surface area contributed by atoms with Crippen molar-refractivity contribution in [1.82, 2.24) is 4.98 Å². The zero-order valence-corrected chi connectivity index (χ0v) is 7.12. The van der Waals surface area contributed by atoms with Gasteiger partial charge in [0, 0.05) is 10.7 Å². The Morgan fingerprint density at radius 2 is 2.36 bits per heavy atom. The summed E-state index contributed by atoms with van der Waals surface area (Å²) in [7, 11) is 0. The summed E-state index contributed by atoms with van der Waals surface area (Å²) in [6, 6.07) is 5.00. The predicted octanol–water partition coefficient (Wildman–Crippen LogP) is 1.40. The number of aliphatic hydroxyl groups is 1. The highest BCUT2D eigenvalue weighted by Gasteiger charge is 2.05. The number of aliphatic hydroxyl groups excluding tert-OH is 1. The van der Waals surface area contributed by atoms with Gasteiger partial charge in [0.05, 0.1) is 5.69 Å². The van der Waals surface area contributed by atoms with Crippen molar-refractivity contribution < 1.29 is 5.11 Å². The van der Waals surface area contributed by atoms with Gasteiger partial charge in [0.1, 0.15) is 6.07 Å². The van der Waals surface area contributed by atoms with Crippen molar-refractivity contribution in [2.75, 3.05) is 0 Å². The summed E-state index contributed by atoms with van der Waals surface area (Å²) >= 11 is 3.19. The molecule has 0 radical (unpaired) electrons. The zero-order chi connectivity index (χ0) is 8.27. The van der Waals surface area contributed by atoms with E-state index in [9.17, 15) is 0 Å². The van der Waals surface area contributed by atoms with Crippen molar-refractivity contribution in [2.24, 2.45) is 0 Å². The minimum absolute atomic E-state index is 0.371. The fourth-order valence-electron chi connectivity index (χ4n) is 0.615. The van der Waals surface area contributed by atoms with E-state index in [1.165, 1.54) is 6.20 Å². The molecule has 0 aliphatic rings. The summed E-state index contributed by atoms with van der Waals surface area (Å²) in [5.74, 6) is 0. The van der Waals surface area contributed by atoms with Gasteiger partial charge in [-0.1, -0.05) is 0 Å². The first-order valence-electron chi connectivity index (χ1n) is 2.93. The molecule has 11 heavy (non-hydrogen) atoms. The van der Waals surface area contributed by atoms with Crippen molar-refractivity contribution in [2.45, 2.75) is 6.10 Å². The maximum absolute atomic E-state index is 8.98. The van der Waals surface area contributed by atoms with Gasteiger partial charge in [0.25, 0.3) is 0 Å². The summed E-state index contributed by atoms with van der Waals surface area (Å²) in [6.45, 7) is 0. The van der Waals surface area contributed by atoms with E-state index in [2.05, 4.69) is 20.9 Å². The van der Waals surface area contributed by atoms with Crippen LogP contribution in [0.4, 0.5) is 0 Å². The molecule has 1 aromatic rings. The Morgan fingerprint density at radius 1 is 1.64 bits per heavy atom. The van der Waals surface area contributed by atoms with Crippen molar-refractivity contribution in [3.8, 4) is 6.07 Å². The molecule has 3 nitrogen and oxygen atoms in total. The second-order valence-corrected chi connectivity index (χ2v) is 2.85. The quantitative estimate of drug-likeness (QED) is 0.717. The van der Waals surface area contributed by atoms with E-state index in [-0.39, 0.29) is 0 Å². The van der Waals surface area contributed by atoms with Crippen LogP contribution in [0.15, 0.2) is 22.8 Å². The van der Waals surface area contributed by atoms with Gasteiger partial charge >= 0.3 is 0 Å². The van der Waals surface area contributed by atoms with Crippen LogP contribution in [-0.2, 0) is 0 Å². The Balaban J connectivity index is 2.92. The maximum atomic E-state index is 8.98. The lowest BCUT2D eigenvalue weighted by Gasteiger charge is -1.98. The van der Waals surface area contributed by atoms with Crippen LogP contribution in [0.1, 0.15) is 11.8 Å². The molecule has 4 heteroatoms. The van der Waals surface area contributed by atoms with Gasteiger partial charge in [0.15, 0.2) is 6.10 Å². The van der Waals surface area contributed by atoms with Gasteiger partial charge in [0.2, 0.25) is 0 Å². The second-order valence-electron chi connectivity index (χ2n) is 1.93. The van der Waals surface area contributed by atoms with Gasteiger partial charge in [-0.2, -0.15) is 5.26 Å². The summed E-state index contributed by atoms with van der Waals surface area (Å²) in [5.41, 5.74) is 0.371. The number of rotatable bonds is 1. The molecule has 0 amide bonds. The normalized spacial score (nSPS) is 12.1. The Hall–Kier alpha value is -0.920. The largest absolute Gasteiger partial charge is 0.373 e. The van der Waals surface area contributed by atoms with Gasteiger partial charge in [-0.15, -0.1) is 0 Å². The van der Waals surface area contributed by atoms with Gasteiger partial charge in [-0.3, -0.25) is 4.98 Å². The molecular formula is C7H5BrN2O.